The van der Waals surface area contributed by atoms with Gasteiger partial charge in [0.2, 0.25) is 0 Å². The number of rotatable bonds is 5. The van der Waals surface area contributed by atoms with Gasteiger partial charge in [0.05, 0.1) is 21.1 Å². The van der Waals surface area contributed by atoms with Crippen molar-refractivity contribution in [1.82, 2.24) is 10.3 Å². The Kier molecular flexibility index (Phi) is 5.93. The van der Waals surface area contributed by atoms with Crippen molar-refractivity contribution in [2.24, 2.45) is 10.7 Å². The molecule has 0 fully saturated rings. The molecule has 0 unspecified atom stereocenters. The highest BCUT2D eigenvalue weighted by Gasteiger charge is 2.10. The topological polar surface area (TPSA) is 75.3 Å². The average Bonchev–Trinajstić information content (AvgIpc) is 2.76. The third-order valence-corrected chi connectivity index (χ3v) is 5.66. The van der Waals surface area contributed by atoms with Crippen molar-refractivity contribution < 1.29 is 0 Å². The Balaban J connectivity index is 1.75. The number of nitrogens with zero attached hydrogens (tertiary/aromatic N) is 2. The molecule has 0 aliphatic rings. The van der Waals surface area contributed by atoms with Gasteiger partial charge in [0.25, 0.3) is 0 Å². The first kappa shape index (κ1) is 20.3. The zero-order valence-electron chi connectivity index (χ0n) is 16.4. The number of benzene rings is 3. The van der Waals surface area contributed by atoms with Crippen molar-refractivity contribution in [1.29, 1.82) is 0 Å². The molecule has 1 aromatic heterocycles. The van der Waals surface area contributed by atoms with Gasteiger partial charge in [-0.2, -0.15) is 0 Å². The molecule has 0 spiro atoms. The van der Waals surface area contributed by atoms with Gasteiger partial charge >= 0.3 is 0 Å². The number of anilines is 2. The van der Waals surface area contributed by atoms with Gasteiger partial charge < -0.3 is 16.4 Å². The van der Waals surface area contributed by atoms with E-state index in [4.69, 9.17) is 33.9 Å². The van der Waals surface area contributed by atoms with Crippen LogP contribution in [0.3, 0.4) is 0 Å². The van der Waals surface area contributed by atoms with Crippen LogP contribution < -0.4 is 16.4 Å². The van der Waals surface area contributed by atoms with Gasteiger partial charge in [-0.05, 0) is 54.4 Å². The number of nitrogens with one attached hydrogen (secondary N) is 2. The molecule has 0 saturated heterocycles. The Bertz CT molecular complexity index is 1250. The Morgan fingerprint density at radius 1 is 0.933 bits per heavy atom. The molecule has 3 aromatic carbocycles. The van der Waals surface area contributed by atoms with Crippen LogP contribution >= 0.6 is 23.2 Å². The maximum atomic E-state index is 6.15. The molecule has 0 aliphatic carbocycles. The van der Waals surface area contributed by atoms with Crippen molar-refractivity contribution in [3.63, 3.8) is 0 Å². The largest absolute Gasteiger partial charge is 0.370 e. The fourth-order valence-corrected chi connectivity index (χ4v) is 3.76. The summed E-state index contributed by atoms with van der Waals surface area (Å²) in [5.41, 5.74) is 10.7. The van der Waals surface area contributed by atoms with E-state index in [1.54, 1.807) is 13.1 Å². The zero-order chi connectivity index (χ0) is 21.1. The minimum absolute atomic E-state index is 0.430. The molecule has 0 amide bonds. The molecule has 152 valence electrons. The molecule has 4 aromatic rings. The van der Waals surface area contributed by atoms with Crippen LogP contribution in [0.4, 0.5) is 11.4 Å². The second-order valence-corrected chi connectivity index (χ2v) is 7.69. The number of halogens is 2. The predicted octanol–water partition coefficient (Wildman–Crippen LogP) is 5.52. The molecular formula is C23H21Cl2N5. The summed E-state index contributed by atoms with van der Waals surface area (Å²) < 4.78 is 0. The third-order valence-electron chi connectivity index (χ3n) is 4.92. The van der Waals surface area contributed by atoms with E-state index in [9.17, 15) is 0 Å². The quantitative estimate of drug-likeness (QED) is 0.218. The lowest BCUT2D eigenvalue weighted by Gasteiger charge is -2.14. The molecule has 0 bridgehead atoms. The van der Waals surface area contributed by atoms with Crippen LogP contribution in [-0.4, -0.2) is 24.5 Å². The molecule has 1 heterocycles. The number of fused-ring (bicyclic) bond motifs is 2. The first-order valence-corrected chi connectivity index (χ1v) is 10.3. The molecule has 7 heteroatoms. The number of para-hydroxylation sites is 1. The first-order chi connectivity index (χ1) is 14.5. The summed E-state index contributed by atoms with van der Waals surface area (Å²) in [6.07, 6.45) is 0.784. The SMILES string of the molecule is CN=C(N)NCCc1c2ccccc2nc2ccc(Nc3ccc(Cl)c(Cl)c3)cc12. The van der Waals surface area contributed by atoms with E-state index in [1.165, 1.54) is 5.56 Å². The van der Waals surface area contributed by atoms with Crippen LogP contribution in [0.15, 0.2) is 65.7 Å². The monoisotopic (exact) mass is 437 g/mol. The lowest BCUT2D eigenvalue weighted by molar-refractivity contribution is 0.865. The molecular weight excluding hydrogens is 417 g/mol. The third kappa shape index (κ3) is 4.27. The molecule has 5 nitrogen and oxygen atoms in total. The Morgan fingerprint density at radius 2 is 1.67 bits per heavy atom. The highest BCUT2D eigenvalue weighted by atomic mass is 35.5. The summed E-state index contributed by atoms with van der Waals surface area (Å²) in [5.74, 6) is 0.430. The molecule has 0 saturated carbocycles. The van der Waals surface area contributed by atoms with E-state index < -0.39 is 0 Å². The second-order valence-electron chi connectivity index (χ2n) is 6.88. The lowest BCUT2D eigenvalue weighted by Crippen LogP contribution is -2.32. The van der Waals surface area contributed by atoms with Gasteiger partial charge in [0.1, 0.15) is 0 Å². The lowest BCUT2D eigenvalue weighted by atomic mass is 9.99. The zero-order valence-corrected chi connectivity index (χ0v) is 17.9. The second kappa shape index (κ2) is 8.78. The number of pyridine rings is 1. The van der Waals surface area contributed by atoms with Crippen molar-refractivity contribution in [3.8, 4) is 0 Å². The minimum Gasteiger partial charge on any atom is -0.370 e. The number of hydrogen-bond donors (Lipinski definition) is 3. The Labute approximate surface area is 184 Å². The summed E-state index contributed by atoms with van der Waals surface area (Å²) >= 11 is 12.2. The van der Waals surface area contributed by atoms with Crippen LogP contribution in [0.5, 0.6) is 0 Å². The number of aromatic nitrogens is 1. The molecule has 0 aliphatic heterocycles. The average molecular weight is 438 g/mol. The Hall–Kier alpha value is -3.02. The summed E-state index contributed by atoms with van der Waals surface area (Å²) in [6.45, 7) is 0.677. The maximum absolute atomic E-state index is 6.15. The van der Waals surface area contributed by atoms with E-state index in [0.717, 1.165) is 39.6 Å². The predicted molar refractivity (Wildman–Crippen MR) is 128 cm³/mol. The first-order valence-electron chi connectivity index (χ1n) is 9.55. The van der Waals surface area contributed by atoms with Gasteiger partial charge in [-0.25, -0.2) is 4.98 Å². The standard InChI is InChI=1S/C23H21Cl2N5/c1-27-23(26)28-11-10-16-17-4-2-3-5-21(17)30-22-9-7-14(12-18(16)22)29-15-6-8-19(24)20(25)13-15/h2-9,12-13,29H,10-11H2,1H3,(H3,26,27,28). The summed E-state index contributed by atoms with van der Waals surface area (Å²) in [7, 11) is 1.67. The maximum Gasteiger partial charge on any atom is 0.188 e. The summed E-state index contributed by atoms with van der Waals surface area (Å²) in [5, 5.41) is 9.80. The smallest absolute Gasteiger partial charge is 0.188 e. The molecule has 0 radical (unpaired) electrons. The van der Waals surface area contributed by atoms with Crippen LogP contribution in [0.1, 0.15) is 5.56 Å². The van der Waals surface area contributed by atoms with E-state index in [1.807, 2.05) is 42.5 Å². The fraction of sp³-hybridized carbons (Fsp3) is 0.130. The van der Waals surface area contributed by atoms with Crippen molar-refractivity contribution in [3.05, 3.63) is 76.3 Å². The van der Waals surface area contributed by atoms with E-state index in [2.05, 4.69) is 27.8 Å². The van der Waals surface area contributed by atoms with Gasteiger partial charge in [-0.15, -0.1) is 0 Å². The van der Waals surface area contributed by atoms with Gasteiger partial charge in [0, 0.05) is 35.7 Å². The fourth-order valence-electron chi connectivity index (χ4n) is 3.46. The Morgan fingerprint density at radius 3 is 2.47 bits per heavy atom. The number of aliphatic imine (C=N–C) groups is 1. The van der Waals surface area contributed by atoms with E-state index >= 15 is 0 Å². The van der Waals surface area contributed by atoms with Gasteiger partial charge in [-0.1, -0.05) is 41.4 Å². The van der Waals surface area contributed by atoms with Crippen LogP contribution in [0, 0.1) is 0 Å². The van der Waals surface area contributed by atoms with Gasteiger partial charge in [-0.3, -0.25) is 4.99 Å². The summed E-state index contributed by atoms with van der Waals surface area (Å²) in [4.78, 5) is 8.80. The van der Waals surface area contributed by atoms with Crippen LogP contribution in [0.25, 0.3) is 21.8 Å². The highest BCUT2D eigenvalue weighted by Crippen LogP contribution is 2.31. The number of guanidine groups is 1. The summed E-state index contributed by atoms with van der Waals surface area (Å²) in [6, 6.07) is 19.8. The normalized spacial score (nSPS) is 11.8. The molecule has 4 N–H and O–H groups in total. The highest BCUT2D eigenvalue weighted by molar-refractivity contribution is 6.42. The van der Waals surface area contributed by atoms with Gasteiger partial charge in [0.15, 0.2) is 5.96 Å². The molecule has 4 rings (SSSR count). The van der Waals surface area contributed by atoms with Crippen molar-refractivity contribution >= 4 is 62.3 Å². The van der Waals surface area contributed by atoms with Crippen LogP contribution in [0.2, 0.25) is 10.0 Å². The van der Waals surface area contributed by atoms with E-state index in [-0.39, 0.29) is 0 Å². The number of nitrogens with two attached hydrogens (primary N) is 1. The van der Waals surface area contributed by atoms with E-state index in [0.29, 0.717) is 22.5 Å². The number of hydrogen-bond acceptors (Lipinski definition) is 3. The molecule has 0 atom stereocenters. The van der Waals surface area contributed by atoms with Crippen molar-refractivity contribution in [2.45, 2.75) is 6.42 Å². The van der Waals surface area contributed by atoms with Crippen LogP contribution in [-0.2, 0) is 6.42 Å². The minimum atomic E-state index is 0.430. The van der Waals surface area contributed by atoms with Crippen molar-refractivity contribution in [2.75, 3.05) is 18.9 Å². The molecule has 30 heavy (non-hydrogen) atoms.